The summed E-state index contributed by atoms with van der Waals surface area (Å²) >= 11 is 0. The molecule has 0 bridgehead atoms. The zero-order chi connectivity index (χ0) is 11.5. The summed E-state index contributed by atoms with van der Waals surface area (Å²) in [6.07, 6.45) is -0.346. The number of ether oxygens (including phenoxy) is 3. The molecule has 2 unspecified atom stereocenters. The third-order valence-electron chi connectivity index (χ3n) is 2.32. The van der Waals surface area contributed by atoms with Crippen LogP contribution in [-0.4, -0.2) is 36.9 Å². The van der Waals surface area contributed by atoms with Crippen molar-refractivity contribution in [1.82, 2.24) is 0 Å². The maximum absolute atomic E-state index is 11.5. The van der Waals surface area contributed by atoms with Gasteiger partial charge in [-0.2, -0.15) is 0 Å². The molecule has 5 heteroatoms. The molecule has 1 saturated heterocycles. The molecule has 5 nitrogen and oxygen atoms in total. The van der Waals surface area contributed by atoms with Crippen molar-refractivity contribution in [1.29, 1.82) is 0 Å². The Morgan fingerprint density at radius 3 is 2.20 bits per heavy atom. The van der Waals surface area contributed by atoms with Gasteiger partial charge < -0.3 is 14.2 Å². The monoisotopic (exact) mass is 216 g/mol. The lowest BCUT2D eigenvalue weighted by molar-refractivity contribution is -0.156. The largest absolute Gasteiger partial charge is 0.466 e. The third-order valence-corrected chi connectivity index (χ3v) is 2.32. The van der Waals surface area contributed by atoms with E-state index in [0.29, 0.717) is 6.61 Å². The van der Waals surface area contributed by atoms with Crippen molar-refractivity contribution in [2.45, 2.75) is 38.9 Å². The highest BCUT2D eigenvalue weighted by Gasteiger charge is 2.62. The van der Waals surface area contributed by atoms with Crippen LogP contribution >= 0.6 is 0 Å². The molecule has 0 aromatic rings. The van der Waals surface area contributed by atoms with Crippen molar-refractivity contribution in [3.8, 4) is 0 Å². The molecule has 0 amide bonds. The molecule has 0 saturated carbocycles. The molecule has 15 heavy (non-hydrogen) atoms. The Kier molecular flexibility index (Phi) is 3.68. The summed E-state index contributed by atoms with van der Waals surface area (Å²) in [5.41, 5.74) is -1.09. The van der Waals surface area contributed by atoms with E-state index in [-0.39, 0.29) is 19.1 Å². The van der Waals surface area contributed by atoms with E-state index >= 15 is 0 Å². The summed E-state index contributed by atoms with van der Waals surface area (Å²) in [5.74, 6) is -0.916. The molecule has 1 fully saturated rings. The predicted molar refractivity (Wildman–Crippen MR) is 51.2 cm³/mol. The minimum Gasteiger partial charge on any atom is -0.466 e. The fraction of sp³-hybridized carbons (Fsp3) is 0.800. The molecule has 1 heterocycles. The lowest BCUT2D eigenvalue weighted by Gasteiger charge is -2.10. The fourth-order valence-electron chi connectivity index (χ4n) is 1.43. The Morgan fingerprint density at radius 1 is 1.27 bits per heavy atom. The lowest BCUT2D eigenvalue weighted by Crippen LogP contribution is -2.32. The summed E-state index contributed by atoms with van der Waals surface area (Å²) < 4.78 is 14.8. The SMILES string of the molecule is CCOC(=O)CC1(C(=O)OCC)OC1C. The molecule has 0 aliphatic carbocycles. The first-order valence-electron chi connectivity index (χ1n) is 5.07. The van der Waals surface area contributed by atoms with Crippen molar-refractivity contribution in [2.24, 2.45) is 0 Å². The van der Waals surface area contributed by atoms with Gasteiger partial charge in [-0.1, -0.05) is 0 Å². The normalized spacial score (nSPS) is 28.3. The number of hydrogen-bond donors (Lipinski definition) is 0. The fourth-order valence-corrected chi connectivity index (χ4v) is 1.43. The molecule has 86 valence electrons. The standard InChI is InChI=1S/C10H16O5/c1-4-13-8(11)6-10(7(3)15-10)9(12)14-5-2/h7H,4-6H2,1-3H3. The summed E-state index contributed by atoms with van der Waals surface area (Å²) in [4.78, 5) is 22.8. The third kappa shape index (κ3) is 2.47. The Morgan fingerprint density at radius 2 is 1.80 bits per heavy atom. The maximum atomic E-state index is 11.5. The quantitative estimate of drug-likeness (QED) is 0.499. The minimum atomic E-state index is -1.09. The van der Waals surface area contributed by atoms with E-state index < -0.39 is 17.5 Å². The first kappa shape index (κ1) is 12.0. The van der Waals surface area contributed by atoms with Crippen LogP contribution in [0.3, 0.4) is 0 Å². The lowest BCUT2D eigenvalue weighted by atomic mass is 10.0. The summed E-state index contributed by atoms with van der Waals surface area (Å²) in [7, 11) is 0. The van der Waals surface area contributed by atoms with Crippen molar-refractivity contribution in [2.75, 3.05) is 13.2 Å². The van der Waals surface area contributed by atoms with Crippen molar-refractivity contribution >= 4 is 11.9 Å². The van der Waals surface area contributed by atoms with Crippen LogP contribution in [0.5, 0.6) is 0 Å². The van der Waals surface area contributed by atoms with Gasteiger partial charge in [0.2, 0.25) is 5.60 Å². The zero-order valence-electron chi connectivity index (χ0n) is 9.24. The van der Waals surface area contributed by atoms with E-state index in [4.69, 9.17) is 14.2 Å². The van der Waals surface area contributed by atoms with Gasteiger partial charge in [0.15, 0.2) is 0 Å². The second kappa shape index (κ2) is 4.61. The van der Waals surface area contributed by atoms with Crippen LogP contribution in [-0.2, 0) is 23.8 Å². The number of hydrogen-bond acceptors (Lipinski definition) is 5. The van der Waals surface area contributed by atoms with Crippen LogP contribution in [0.15, 0.2) is 0 Å². The molecule has 2 atom stereocenters. The average Bonchev–Trinajstić information content (AvgIpc) is 2.78. The van der Waals surface area contributed by atoms with E-state index in [2.05, 4.69) is 0 Å². The maximum Gasteiger partial charge on any atom is 0.341 e. The molecule has 0 aromatic heterocycles. The summed E-state index contributed by atoms with van der Waals surface area (Å²) in [6, 6.07) is 0. The van der Waals surface area contributed by atoms with Crippen molar-refractivity contribution in [3.63, 3.8) is 0 Å². The number of carbonyl (C=O) groups excluding carboxylic acids is 2. The molecule has 1 rings (SSSR count). The molecule has 1 aliphatic rings. The number of carbonyl (C=O) groups is 2. The van der Waals surface area contributed by atoms with E-state index in [1.54, 1.807) is 20.8 Å². The van der Waals surface area contributed by atoms with Gasteiger partial charge in [-0.3, -0.25) is 4.79 Å². The molecular weight excluding hydrogens is 200 g/mol. The smallest absolute Gasteiger partial charge is 0.341 e. The van der Waals surface area contributed by atoms with Crippen molar-refractivity contribution < 1.29 is 23.8 Å². The van der Waals surface area contributed by atoms with E-state index in [0.717, 1.165) is 0 Å². The average molecular weight is 216 g/mol. The Hall–Kier alpha value is -1.10. The van der Waals surface area contributed by atoms with E-state index in [9.17, 15) is 9.59 Å². The summed E-state index contributed by atoms with van der Waals surface area (Å²) in [6.45, 7) is 5.73. The van der Waals surface area contributed by atoms with Crippen LogP contribution in [0.2, 0.25) is 0 Å². The second-order valence-corrected chi connectivity index (χ2v) is 3.35. The number of epoxide rings is 1. The van der Waals surface area contributed by atoms with Crippen LogP contribution in [0.25, 0.3) is 0 Å². The Balaban J connectivity index is 2.55. The molecular formula is C10H16O5. The number of esters is 2. The Bertz CT molecular complexity index is 263. The van der Waals surface area contributed by atoms with Crippen LogP contribution in [0, 0.1) is 0 Å². The van der Waals surface area contributed by atoms with Crippen molar-refractivity contribution in [3.05, 3.63) is 0 Å². The first-order valence-corrected chi connectivity index (χ1v) is 5.07. The van der Waals surface area contributed by atoms with Crippen LogP contribution in [0.4, 0.5) is 0 Å². The molecule has 0 N–H and O–H groups in total. The highest BCUT2D eigenvalue weighted by Crippen LogP contribution is 2.40. The van der Waals surface area contributed by atoms with Gasteiger partial charge in [0.05, 0.1) is 25.7 Å². The Labute approximate surface area is 88.7 Å². The number of rotatable bonds is 5. The van der Waals surface area contributed by atoms with Crippen LogP contribution in [0.1, 0.15) is 27.2 Å². The van der Waals surface area contributed by atoms with Crippen LogP contribution < -0.4 is 0 Å². The molecule has 1 aliphatic heterocycles. The van der Waals surface area contributed by atoms with Gasteiger partial charge in [-0.15, -0.1) is 0 Å². The highest BCUT2D eigenvalue weighted by molar-refractivity contribution is 5.89. The second-order valence-electron chi connectivity index (χ2n) is 3.35. The predicted octanol–water partition coefficient (Wildman–Crippen LogP) is 0.660. The van der Waals surface area contributed by atoms with Gasteiger partial charge in [-0.25, -0.2) is 4.79 Å². The zero-order valence-corrected chi connectivity index (χ0v) is 9.24. The molecule has 0 radical (unpaired) electrons. The molecule has 0 aromatic carbocycles. The topological polar surface area (TPSA) is 65.1 Å². The van der Waals surface area contributed by atoms with E-state index in [1.807, 2.05) is 0 Å². The van der Waals surface area contributed by atoms with Gasteiger partial charge >= 0.3 is 11.9 Å². The summed E-state index contributed by atoms with van der Waals surface area (Å²) in [5, 5.41) is 0. The van der Waals surface area contributed by atoms with Gasteiger partial charge in [0.25, 0.3) is 0 Å². The minimum absolute atomic E-state index is 0.0686. The first-order chi connectivity index (χ1) is 7.06. The van der Waals surface area contributed by atoms with Gasteiger partial charge in [-0.05, 0) is 20.8 Å². The molecule has 0 spiro atoms. The van der Waals surface area contributed by atoms with Gasteiger partial charge in [0.1, 0.15) is 0 Å². The van der Waals surface area contributed by atoms with E-state index in [1.165, 1.54) is 0 Å². The highest BCUT2D eigenvalue weighted by atomic mass is 16.7. The van der Waals surface area contributed by atoms with Gasteiger partial charge in [0, 0.05) is 0 Å².